The molecule has 0 atom stereocenters. The molecule has 0 amide bonds. The van der Waals surface area contributed by atoms with Crippen LogP contribution in [-0.4, -0.2) is 37.6 Å². The topological polar surface area (TPSA) is 80.7 Å². The van der Waals surface area contributed by atoms with E-state index >= 15 is 0 Å². The number of aromatic carboxylic acids is 1. The van der Waals surface area contributed by atoms with Crippen molar-refractivity contribution in [2.45, 2.75) is 6.92 Å². The minimum Gasteiger partial charge on any atom is -0.493 e. The predicted molar refractivity (Wildman–Crippen MR) is 63.2 cm³/mol. The summed E-state index contributed by atoms with van der Waals surface area (Å²) in [6, 6.07) is 5.94. The lowest BCUT2D eigenvalue weighted by atomic mass is 10.2. The highest BCUT2D eigenvalue weighted by Gasteiger charge is 2.08. The van der Waals surface area contributed by atoms with Crippen molar-refractivity contribution in [2.75, 3.05) is 18.1 Å². The number of ether oxygens (including phenoxy) is 1. The largest absolute Gasteiger partial charge is 0.493 e. The Balaban J connectivity index is 2.58. The van der Waals surface area contributed by atoms with Crippen molar-refractivity contribution in [2.24, 2.45) is 0 Å². The average molecular weight is 258 g/mol. The summed E-state index contributed by atoms with van der Waals surface area (Å²) in [6.07, 6.45) is 0. The fraction of sp³-hybridized carbons (Fsp3) is 0.364. The summed E-state index contributed by atoms with van der Waals surface area (Å²) in [4.78, 5) is 10.7. The van der Waals surface area contributed by atoms with Crippen molar-refractivity contribution in [1.29, 1.82) is 0 Å². The molecule has 0 aliphatic carbocycles. The summed E-state index contributed by atoms with van der Waals surface area (Å²) in [5, 5.41) is 8.75. The first-order valence-corrected chi connectivity index (χ1v) is 6.93. The van der Waals surface area contributed by atoms with Crippen LogP contribution in [0.5, 0.6) is 5.75 Å². The summed E-state index contributed by atoms with van der Waals surface area (Å²) in [5.74, 6) is -0.681. The summed E-state index contributed by atoms with van der Waals surface area (Å²) in [6.45, 7) is 1.60. The molecule has 17 heavy (non-hydrogen) atoms. The smallest absolute Gasteiger partial charge is 0.335 e. The molecule has 0 aromatic heterocycles. The maximum Gasteiger partial charge on any atom is 0.335 e. The Labute approximate surface area is 100.0 Å². The number of benzene rings is 1. The van der Waals surface area contributed by atoms with E-state index in [0.29, 0.717) is 5.75 Å². The van der Waals surface area contributed by atoms with Gasteiger partial charge in [-0.25, -0.2) is 13.2 Å². The summed E-state index contributed by atoms with van der Waals surface area (Å²) in [5.41, 5.74) is 0.112. The first-order valence-electron chi connectivity index (χ1n) is 5.11. The molecule has 0 saturated carbocycles. The third-order valence-corrected chi connectivity index (χ3v) is 3.85. The van der Waals surface area contributed by atoms with Crippen LogP contribution in [0.4, 0.5) is 0 Å². The highest BCUT2D eigenvalue weighted by molar-refractivity contribution is 7.91. The number of carboxylic acids is 1. The zero-order chi connectivity index (χ0) is 12.9. The molecule has 0 spiro atoms. The van der Waals surface area contributed by atoms with E-state index in [-0.39, 0.29) is 23.7 Å². The van der Waals surface area contributed by atoms with Crippen LogP contribution in [0.2, 0.25) is 0 Å². The second-order valence-corrected chi connectivity index (χ2v) is 5.89. The Bertz CT molecular complexity index is 492. The minimum absolute atomic E-state index is 0.0270. The van der Waals surface area contributed by atoms with E-state index in [2.05, 4.69) is 0 Å². The summed E-state index contributed by atoms with van der Waals surface area (Å²) >= 11 is 0. The lowest BCUT2D eigenvalue weighted by Crippen LogP contribution is -2.15. The van der Waals surface area contributed by atoms with Crippen molar-refractivity contribution in [3.8, 4) is 5.75 Å². The Morgan fingerprint density at radius 2 is 2.12 bits per heavy atom. The van der Waals surface area contributed by atoms with Gasteiger partial charge in [-0.2, -0.15) is 0 Å². The third kappa shape index (κ3) is 4.44. The highest BCUT2D eigenvalue weighted by Crippen LogP contribution is 2.13. The van der Waals surface area contributed by atoms with E-state index in [1.807, 2.05) is 0 Å². The molecule has 0 radical (unpaired) electrons. The van der Waals surface area contributed by atoms with Crippen molar-refractivity contribution < 1.29 is 23.1 Å². The molecule has 1 rings (SSSR count). The first kappa shape index (κ1) is 13.5. The number of hydrogen-bond acceptors (Lipinski definition) is 4. The van der Waals surface area contributed by atoms with E-state index in [1.165, 1.54) is 12.1 Å². The molecule has 0 aliphatic rings. The van der Waals surface area contributed by atoms with E-state index in [9.17, 15) is 13.2 Å². The molecule has 1 N–H and O–H groups in total. The van der Waals surface area contributed by atoms with Crippen LogP contribution in [0.25, 0.3) is 0 Å². The van der Waals surface area contributed by atoms with Gasteiger partial charge in [0.05, 0.1) is 11.3 Å². The molecule has 0 unspecified atom stereocenters. The Morgan fingerprint density at radius 3 is 2.71 bits per heavy atom. The van der Waals surface area contributed by atoms with Gasteiger partial charge in [0.25, 0.3) is 0 Å². The lowest BCUT2D eigenvalue weighted by molar-refractivity contribution is 0.0696. The third-order valence-electron chi connectivity index (χ3n) is 2.18. The molecule has 1 aromatic carbocycles. The van der Waals surface area contributed by atoms with Crippen molar-refractivity contribution in [3.63, 3.8) is 0 Å². The van der Waals surface area contributed by atoms with E-state index in [0.717, 1.165) is 0 Å². The lowest BCUT2D eigenvalue weighted by Gasteiger charge is -2.06. The molecule has 5 nitrogen and oxygen atoms in total. The van der Waals surface area contributed by atoms with Crippen LogP contribution in [-0.2, 0) is 9.84 Å². The molecule has 0 heterocycles. The SMILES string of the molecule is CCS(=O)(=O)CCOc1cccc(C(=O)O)c1. The normalized spacial score (nSPS) is 11.1. The van der Waals surface area contributed by atoms with Gasteiger partial charge in [0.2, 0.25) is 0 Å². The predicted octanol–water partition coefficient (Wildman–Crippen LogP) is 1.20. The van der Waals surface area contributed by atoms with Gasteiger partial charge in [0.1, 0.15) is 12.4 Å². The Hall–Kier alpha value is -1.56. The van der Waals surface area contributed by atoms with Gasteiger partial charge in [-0.1, -0.05) is 13.0 Å². The van der Waals surface area contributed by atoms with Gasteiger partial charge < -0.3 is 9.84 Å². The molecular weight excluding hydrogens is 244 g/mol. The summed E-state index contributed by atoms with van der Waals surface area (Å²) in [7, 11) is -3.06. The standard InChI is InChI=1S/C11H14O5S/c1-2-17(14,15)7-6-16-10-5-3-4-9(8-10)11(12)13/h3-5,8H,2,6-7H2,1H3,(H,12,13). The van der Waals surface area contributed by atoms with Gasteiger partial charge in [0.15, 0.2) is 9.84 Å². The van der Waals surface area contributed by atoms with Gasteiger partial charge >= 0.3 is 5.97 Å². The minimum atomic E-state index is -3.06. The fourth-order valence-electron chi connectivity index (χ4n) is 1.15. The van der Waals surface area contributed by atoms with E-state index in [1.54, 1.807) is 19.1 Å². The fourth-order valence-corrected chi connectivity index (χ4v) is 1.78. The van der Waals surface area contributed by atoms with Crippen LogP contribution in [0, 0.1) is 0 Å². The number of sulfone groups is 1. The zero-order valence-electron chi connectivity index (χ0n) is 9.42. The van der Waals surface area contributed by atoms with Gasteiger partial charge in [0, 0.05) is 5.75 Å². The van der Waals surface area contributed by atoms with Crippen molar-refractivity contribution >= 4 is 15.8 Å². The van der Waals surface area contributed by atoms with Crippen molar-refractivity contribution in [1.82, 2.24) is 0 Å². The van der Waals surface area contributed by atoms with Crippen LogP contribution in [0.1, 0.15) is 17.3 Å². The zero-order valence-corrected chi connectivity index (χ0v) is 10.2. The van der Waals surface area contributed by atoms with Gasteiger partial charge in [-0.05, 0) is 18.2 Å². The van der Waals surface area contributed by atoms with Gasteiger partial charge in [-0.15, -0.1) is 0 Å². The maximum atomic E-state index is 11.2. The molecule has 0 fully saturated rings. The number of carbonyl (C=O) groups is 1. The molecule has 1 aromatic rings. The number of carboxylic acid groups (broad SMARTS) is 1. The van der Waals surface area contributed by atoms with Gasteiger partial charge in [-0.3, -0.25) is 0 Å². The molecular formula is C11H14O5S. The Morgan fingerprint density at radius 1 is 1.41 bits per heavy atom. The number of hydrogen-bond donors (Lipinski definition) is 1. The van der Waals surface area contributed by atoms with Crippen LogP contribution in [0.3, 0.4) is 0 Å². The molecule has 0 aliphatic heterocycles. The average Bonchev–Trinajstić information content (AvgIpc) is 2.29. The highest BCUT2D eigenvalue weighted by atomic mass is 32.2. The first-order chi connectivity index (χ1) is 7.94. The monoisotopic (exact) mass is 258 g/mol. The Kier molecular flexibility index (Phi) is 4.51. The molecule has 94 valence electrons. The van der Waals surface area contributed by atoms with Crippen LogP contribution < -0.4 is 4.74 Å². The van der Waals surface area contributed by atoms with Crippen LogP contribution >= 0.6 is 0 Å². The second-order valence-electron chi connectivity index (χ2n) is 3.42. The maximum absolute atomic E-state index is 11.2. The van der Waals surface area contributed by atoms with E-state index < -0.39 is 15.8 Å². The molecule has 0 bridgehead atoms. The van der Waals surface area contributed by atoms with E-state index in [4.69, 9.17) is 9.84 Å². The second kappa shape index (κ2) is 5.67. The van der Waals surface area contributed by atoms with Crippen molar-refractivity contribution in [3.05, 3.63) is 29.8 Å². The quantitative estimate of drug-likeness (QED) is 0.829. The summed E-state index contributed by atoms with van der Waals surface area (Å²) < 4.78 is 27.6. The molecule has 6 heteroatoms. The number of rotatable bonds is 6. The molecule has 0 saturated heterocycles. The van der Waals surface area contributed by atoms with Crippen LogP contribution in [0.15, 0.2) is 24.3 Å².